The topological polar surface area (TPSA) is 35.5 Å². The lowest BCUT2D eigenvalue weighted by Gasteiger charge is -2.06. The number of hydrogen-bond acceptors (Lipinski definition) is 3. The van der Waals surface area contributed by atoms with Gasteiger partial charge in [0.25, 0.3) is 0 Å². The van der Waals surface area contributed by atoms with Crippen molar-refractivity contribution in [2.75, 3.05) is 14.2 Å². The zero-order chi connectivity index (χ0) is 18.1. The Morgan fingerprint density at radius 2 is 1.76 bits per heavy atom. The molecule has 3 nitrogen and oxygen atoms in total. The minimum atomic E-state index is -0.398. The van der Waals surface area contributed by atoms with Crippen molar-refractivity contribution in [3.05, 3.63) is 71.3 Å². The van der Waals surface area contributed by atoms with E-state index in [1.54, 1.807) is 7.11 Å². The van der Waals surface area contributed by atoms with Gasteiger partial charge in [0.1, 0.15) is 5.75 Å². The van der Waals surface area contributed by atoms with Crippen LogP contribution in [0, 0.1) is 24.7 Å². The fraction of sp³-hybridized carbons (Fsp3) is 0.227. The van der Waals surface area contributed by atoms with Crippen LogP contribution in [0.3, 0.4) is 0 Å². The number of ether oxygens (including phenoxy) is 2. The molecule has 0 fully saturated rings. The van der Waals surface area contributed by atoms with Crippen LogP contribution in [0.2, 0.25) is 0 Å². The quantitative estimate of drug-likeness (QED) is 0.606. The van der Waals surface area contributed by atoms with Crippen molar-refractivity contribution in [1.82, 2.24) is 0 Å². The molecule has 3 heteroatoms. The highest BCUT2D eigenvalue weighted by Crippen LogP contribution is 2.15. The Kier molecular flexibility index (Phi) is 6.86. The SMILES string of the molecule is COC(=O)C(/C=C/c1ccc(OC)cc1)CC#Cc1ccc(C)cc1. The molecule has 2 rings (SSSR count). The second-order valence-corrected chi connectivity index (χ2v) is 5.63. The molecule has 0 radical (unpaired) electrons. The molecule has 0 heterocycles. The molecule has 2 aromatic carbocycles. The molecule has 0 aliphatic heterocycles. The third-order valence-electron chi connectivity index (χ3n) is 3.75. The number of hydrogen-bond donors (Lipinski definition) is 0. The molecule has 1 unspecified atom stereocenters. The summed E-state index contributed by atoms with van der Waals surface area (Å²) in [5.41, 5.74) is 3.12. The lowest BCUT2D eigenvalue weighted by molar-refractivity contribution is -0.143. The third kappa shape index (κ3) is 5.86. The summed E-state index contributed by atoms with van der Waals surface area (Å²) in [5.74, 6) is 6.27. The van der Waals surface area contributed by atoms with Crippen LogP contribution in [0.1, 0.15) is 23.1 Å². The van der Waals surface area contributed by atoms with E-state index >= 15 is 0 Å². The number of benzene rings is 2. The van der Waals surface area contributed by atoms with Gasteiger partial charge in [0.2, 0.25) is 0 Å². The molecule has 0 N–H and O–H groups in total. The van der Waals surface area contributed by atoms with E-state index in [9.17, 15) is 4.79 Å². The average Bonchev–Trinajstić information content (AvgIpc) is 2.65. The third-order valence-corrected chi connectivity index (χ3v) is 3.75. The molecular weight excluding hydrogens is 312 g/mol. The Morgan fingerprint density at radius 1 is 1.08 bits per heavy atom. The highest BCUT2D eigenvalue weighted by Gasteiger charge is 2.14. The monoisotopic (exact) mass is 334 g/mol. The van der Waals surface area contributed by atoms with Gasteiger partial charge in [-0.25, -0.2) is 0 Å². The minimum absolute atomic E-state index is 0.289. The number of rotatable bonds is 5. The van der Waals surface area contributed by atoms with Crippen molar-refractivity contribution in [3.63, 3.8) is 0 Å². The number of aryl methyl sites for hydroxylation is 1. The van der Waals surface area contributed by atoms with E-state index in [0.29, 0.717) is 6.42 Å². The van der Waals surface area contributed by atoms with Crippen LogP contribution < -0.4 is 4.74 Å². The number of esters is 1. The Bertz CT molecular complexity index is 775. The van der Waals surface area contributed by atoms with Crippen molar-refractivity contribution in [3.8, 4) is 17.6 Å². The Hall–Kier alpha value is -2.99. The van der Waals surface area contributed by atoms with Crippen LogP contribution in [0.4, 0.5) is 0 Å². The summed E-state index contributed by atoms with van der Waals surface area (Å²) in [6.45, 7) is 2.04. The van der Waals surface area contributed by atoms with Crippen molar-refractivity contribution in [2.45, 2.75) is 13.3 Å². The maximum atomic E-state index is 12.0. The van der Waals surface area contributed by atoms with E-state index in [1.165, 1.54) is 12.7 Å². The smallest absolute Gasteiger partial charge is 0.313 e. The van der Waals surface area contributed by atoms with Crippen LogP contribution in [-0.4, -0.2) is 20.2 Å². The second kappa shape index (κ2) is 9.34. The fourth-order valence-electron chi connectivity index (χ4n) is 2.22. The van der Waals surface area contributed by atoms with Crippen LogP contribution in [0.15, 0.2) is 54.6 Å². The van der Waals surface area contributed by atoms with Crippen molar-refractivity contribution in [1.29, 1.82) is 0 Å². The van der Waals surface area contributed by atoms with Crippen LogP contribution >= 0.6 is 0 Å². The molecule has 0 aliphatic carbocycles. The molecule has 0 aliphatic rings. The van der Waals surface area contributed by atoms with Crippen LogP contribution in [0.5, 0.6) is 5.75 Å². The summed E-state index contributed by atoms with van der Waals surface area (Å²) in [7, 11) is 3.02. The highest BCUT2D eigenvalue weighted by atomic mass is 16.5. The molecular formula is C22H22O3. The van der Waals surface area contributed by atoms with Crippen molar-refractivity contribution >= 4 is 12.0 Å². The molecule has 0 saturated heterocycles. The predicted molar refractivity (Wildman–Crippen MR) is 100 cm³/mol. The molecule has 0 spiro atoms. The average molecular weight is 334 g/mol. The molecule has 128 valence electrons. The van der Waals surface area contributed by atoms with Crippen molar-refractivity contribution < 1.29 is 14.3 Å². The number of carbonyl (C=O) groups excluding carboxylic acids is 1. The molecule has 0 amide bonds. The first kappa shape index (κ1) is 18.4. The fourth-order valence-corrected chi connectivity index (χ4v) is 2.22. The first-order valence-electron chi connectivity index (χ1n) is 8.08. The Balaban J connectivity index is 2.06. The summed E-state index contributed by atoms with van der Waals surface area (Å²) in [6.07, 6.45) is 4.14. The standard InChI is InChI=1S/C22H22O3/c1-17-7-9-18(10-8-17)5-4-6-20(22(23)25-3)14-11-19-12-15-21(24-2)16-13-19/h7-16,20H,6H2,1-3H3/b14-11+. The maximum absolute atomic E-state index is 12.0. The van der Waals surface area contributed by atoms with Gasteiger partial charge in [-0.15, -0.1) is 0 Å². The zero-order valence-electron chi connectivity index (χ0n) is 14.8. The normalized spacial score (nSPS) is 11.5. The first-order chi connectivity index (χ1) is 12.1. The maximum Gasteiger partial charge on any atom is 0.313 e. The summed E-state index contributed by atoms with van der Waals surface area (Å²) in [4.78, 5) is 12.0. The van der Waals surface area contributed by atoms with E-state index in [-0.39, 0.29) is 5.97 Å². The molecule has 0 bridgehead atoms. The van der Waals surface area contributed by atoms with E-state index in [1.807, 2.05) is 67.6 Å². The highest BCUT2D eigenvalue weighted by molar-refractivity contribution is 5.76. The first-order valence-corrected chi connectivity index (χ1v) is 8.08. The molecule has 0 aromatic heterocycles. The minimum Gasteiger partial charge on any atom is -0.497 e. The van der Waals surface area contributed by atoms with Gasteiger partial charge in [0, 0.05) is 12.0 Å². The summed E-state index contributed by atoms with van der Waals surface area (Å²) in [5, 5.41) is 0. The van der Waals surface area contributed by atoms with E-state index < -0.39 is 5.92 Å². The van der Waals surface area contributed by atoms with Gasteiger partial charge in [-0.2, -0.15) is 0 Å². The Labute approximate surface area is 149 Å². The van der Waals surface area contributed by atoms with Crippen LogP contribution in [0.25, 0.3) is 6.08 Å². The molecule has 2 aromatic rings. The lowest BCUT2D eigenvalue weighted by atomic mass is 10.0. The van der Waals surface area contributed by atoms with Gasteiger partial charge in [0.15, 0.2) is 0 Å². The molecule has 25 heavy (non-hydrogen) atoms. The zero-order valence-corrected chi connectivity index (χ0v) is 14.8. The second-order valence-electron chi connectivity index (χ2n) is 5.63. The van der Waals surface area contributed by atoms with E-state index in [0.717, 1.165) is 16.9 Å². The van der Waals surface area contributed by atoms with E-state index in [2.05, 4.69) is 11.8 Å². The van der Waals surface area contributed by atoms with Crippen LogP contribution in [-0.2, 0) is 9.53 Å². The van der Waals surface area contributed by atoms with Gasteiger partial charge in [-0.1, -0.05) is 53.8 Å². The van der Waals surface area contributed by atoms with Gasteiger partial charge in [-0.3, -0.25) is 4.79 Å². The summed E-state index contributed by atoms with van der Waals surface area (Å²) < 4.78 is 10.0. The summed E-state index contributed by atoms with van der Waals surface area (Å²) >= 11 is 0. The number of methoxy groups -OCH3 is 2. The van der Waals surface area contributed by atoms with Crippen molar-refractivity contribution in [2.24, 2.45) is 5.92 Å². The predicted octanol–water partition coefficient (Wildman–Crippen LogP) is 4.25. The molecule has 0 saturated carbocycles. The Morgan fingerprint density at radius 3 is 2.36 bits per heavy atom. The number of carbonyl (C=O) groups is 1. The molecule has 1 atom stereocenters. The summed E-state index contributed by atoms with van der Waals surface area (Å²) in [6, 6.07) is 15.6. The van der Waals surface area contributed by atoms with E-state index in [4.69, 9.17) is 9.47 Å². The van der Waals surface area contributed by atoms with Gasteiger partial charge in [-0.05, 0) is 36.8 Å². The largest absolute Gasteiger partial charge is 0.497 e. The van der Waals surface area contributed by atoms with Gasteiger partial charge < -0.3 is 9.47 Å². The van der Waals surface area contributed by atoms with Gasteiger partial charge in [0.05, 0.1) is 20.1 Å². The lowest BCUT2D eigenvalue weighted by Crippen LogP contribution is -2.13. The van der Waals surface area contributed by atoms with Gasteiger partial charge >= 0.3 is 5.97 Å².